The summed E-state index contributed by atoms with van der Waals surface area (Å²) in [5.41, 5.74) is 3.02. The molecule has 1 atom stereocenters. The fourth-order valence-electron chi connectivity index (χ4n) is 4.97. The zero-order valence-corrected chi connectivity index (χ0v) is 23.0. The van der Waals surface area contributed by atoms with Gasteiger partial charge in [0, 0.05) is 30.9 Å². The van der Waals surface area contributed by atoms with Crippen LogP contribution in [0.1, 0.15) is 17.5 Å². The molecule has 0 bridgehead atoms. The van der Waals surface area contributed by atoms with Gasteiger partial charge in [-0.3, -0.25) is 4.98 Å². The topological polar surface area (TPSA) is 123 Å². The van der Waals surface area contributed by atoms with E-state index >= 15 is 8.78 Å². The Kier molecular flexibility index (Phi) is 6.91. The summed E-state index contributed by atoms with van der Waals surface area (Å²) in [5.74, 6) is -1.82. The van der Waals surface area contributed by atoms with Gasteiger partial charge in [0.1, 0.15) is 24.5 Å². The predicted octanol–water partition coefficient (Wildman–Crippen LogP) is 5.12. The number of hydrogen-bond donors (Lipinski definition) is 1. The molecule has 2 aromatic carbocycles. The Balaban J connectivity index is 1.37. The minimum atomic E-state index is -3.09. The number of ether oxygens (including phenoxy) is 3. The molecule has 1 aliphatic rings. The summed E-state index contributed by atoms with van der Waals surface area (Å²) in [7, 11) is 3.09. The van der Waals surface area contributed by atoms with Crippen molar-refractivity contribution in [3.8, 4) is 29.2 Å². The number of benzene rings is 2. The van der Waals surface area contributed by atoms with Crippen LogP contribution in [0, 0.1) is 18.3 Å². The Labute approximate surface area is 239 Å². The van der Waals surface area contributed by atoms with Crippen LogP contribution in [0.4, 0.5) is 20.2 Å². The van der Waals surface area contributed by atoms with Gasteiger partial charge in [-0.05, 0) is 49.9 Å². The van der Waals surface area contributed by atoms with Crippen molar-refractivity contribution in [3.05, 3.63) is 66.4 Å². The van der Waals surface area contributed by atoms with Gasteiger partial charge in [0.15, 0.2) is 23.3 Å². The number of hydrogen-bond acceptors (Lipinski definition) is 10. The number of nitrogens with one attached hydrogen (secondary N) is 1. The number of alkyl halides is 2. The second kappa shape index (κ2) is 10.7. The lowest BCUT2D eigenvalue weighted by molar-refractivity contribution is -0.135. The van der Waals surface area contributed by atoms with Crippen molar-refractivity contribution in [3.63, 3.8) is 0 Å². The predicted molar refractivity (Wildman–Crippen MR) is 150 cm³/mol. The van der Waals surface area contributed by atoms with Gasteiger partial charge in [-0.1, -0.05) is 0 Å². The summed E-state index contributed by atoms with van der Waals surface area (Å²) in [4.78, 5) is 14.4. The highest BCUT2D eigenvalue weighted by atomic mass is 19.3. The number of likely N-dealkylation sites (tertiary alicyclic amines) is 1. The number of pyridine rings is 1. The number of anilines is 2. The van der Waals surface area contributed by atoms with Crippen LogP contribution < -0.4 is 19.5 Å². The van der Waals surface area contributed by atoms with Gasteiger partial charge >= 0.3 is 0 Å². The van der Waals surface area contributed by atoms with E-state index in [4.69, 9.17) is 14.2 Å². The van der Waals surface area contributed by atoms with Gasteiger partial charge in [0.2, 0.25) is 5.88 Å². The molecule has 3 aromatic heterocycles. The Hall–Kier alpha value is -5.09. The molecule has 1 N–H and O–H groups in total. The van der Waals surface area contributed by atoms with Crippen molar-refractivity contribution in [2.45, 2.75) is 25.4 Å². The summed E-state index contributed by atoms with van der Waals surface area (Å²) >= 11 is 0. The normalized spacial score (nSPS) is 16.7. The summed E-state index contributed by atoms with van der Waals surface area (Å²) in [6.07, 6.45) is 3.11. The molecule has 11 nitrogen and oxygen atoms in total. The first-order chi connectivity index (χ1) is 20.3. The number of nitrogens with zero attached hydrogens (tertiary/aromatic N) is 7. The third-order valence-corrected chi connectivity index (χ3v) is 7.08. The molecule has 0 saturated carbocycles. The zero-order valence-electron chi connectivity index (χ0n) is 23.0. The molecule has 1 saturated heterocycles. The van der Waals surface area contributed by atoms with Crippen LogP contribution in [0.25, 0.3) is 16.6 Å². The number of halogens is 2. The zero-order chi connectivity index (χ0) is 29.4. The van der Waals surface area contributed by atoms with Crippen LogP contribution in [-0.4, -0.2) is 68.7 Å². The van der Waals surface area contributed by atoms with E-state index in [-0.39, 0.29) is 23.5 Å². The van der Waals surface area contributed by atoms with E-state index in [1.807, 2.05) is 13.0 Å². The molecule has 1 unspecified atom stereocenters. The number of fused-ring (bicyclic) bond motifs is 2. The highest BCUT2D eigenvalue weighted by Gasteiger charge is 2.46. The summed E-state index contributed by atoms with van der Waals surface area (Å²) in [6, 6.07) is 12.5. The molecule has 0 amide bonds. The van der Waals surface area contributed by atoms with Crippen LogP contribution in [0.3, 0.4) is 0 Å². The van der Waals surface area contributed by atoms with Crippen LogP contribution in [0.15, 0.2) is 55.2 Å². The third kappa shape index (κ3) is 5.08. The Morgan fingerprint density at radius 1 is 1.12 bits per heavy atom. The van der Waals surface area contributed by atoms with Crippen LogP contribution in [-0.2, 0) is 0 Å². The largest absolute Gasteiger partial charge is 0.493 e. The van der Waals surface area contributed by atoms with Crippen LogP contribution in [0.2, 0.25) is 0 Å². The molecule has 0 aliphatic carbocycles. The standard InChI is InChI=1S/C29H26F2N8O3/c1-17-10-19(4-6-21(17)41-25-11-24-34-15-36-39(24)16-35-25)37-27-18(12-32)13-33-20-5-7-22(40-3)28(26(20)27)42-23-8-9-38(2)14-29(23,30)31/h4-7,10-11,13,15-16,23H,8-9,14H2,1-3H3,(H,33,37). The van der Waals surface area contributed by atoms with E-state index < -0.39 is 18.6 Å². The lowest BCUT2D eigenvalue weighted by Gasteiger charge is -2.36. The average molecular weight is 573 g/mol. The quantitative estimate of drug-likeness (QED) is 0.281. The fourth-order valence-corrected chi connectivity index (χ4v) is 4.97. The second-order valence-corrected chi connectivity index (χ2v) is 10.0. The molecule has 4 heterocycles. The van der Waals surface area contributed by atoms with E-state index in [0.717, 1.165) is 5.56 Å². The van der Waals surface area contributed by atoms with Crippen molar-refractivity contribution in [1.29, 1.82) is 5.26 Å². The average Bonchev–Trinajstić information content (AvgIpc) is 3.44. The first-order valence-electron chi connectivity index (χ1n) is 13.1. The summed E-state index contributed by atoms with van der Waals surface area (Å²) < 4.78 is 49.1. The number of aromatic nitrogens is 5. The van der Waals surface area contributed by atoms with Crippen LogP contribution in [0.5, 0.6) is 23.1 Å². The number of nitriles is 1. The van der Waals surface area contributed by atoms with Crippen molar-refractivity contribution in [2.24, 2.45) is 0 Å². The maximum Gasteiger partial charge on any atom is 0.296 e. The number of methoxy groups -OCH3 is 1. The summed E-state index contributed by atoms with van der Waals surface area (Å²) in [6.45, 7) is 1.90. The van der Waals surface area contributed by atoms with Gasteiger partial charge in [-0.25, -0.2) is 23.3 Å². The van der Waals surface area contributed by atoms with E-state index in [1.54, 1.807) is 42.3 Å². The molecule has 5 aromatic rings. The lowest BCUT2D eigenvalue weighted by atomic mass is 10.0. The maximum absolute atomic E-state index is 15.0. The molecule has 1 aliphatic heterocycles. The smallest absolute Gasteiger partial charge is 0.296 e. The first-order valence-corrected chi connectivity index (χ1v) is 13.1. The highest BCUT2D eigenvalue weighted by molar-refractivity contribution is 6.01. The molecule has 214 valence electrons. The van der Waals surface area contributed by atoms with Gasteiger partial charge in [-0.15, -0.1) is 0 Å². The molecule has 1 fully saturated rings. The van der Waals surface area contributed by atoms with Crippen molar-refractivity contribution in [1.82, 2.24) is 29.5 Å². The van der Waals surface area contributed by atoms with Crippen LogP contribution >= 0.6 is 0 Å². The molecular formula is C29H26F2N8O3. The molecule has 0 spiro atoms. The molecule has 13 heteroatoms. The van der Waals surface area contributed by atoms with Gasteiger partial charge in [0.25, 0.3) is 5.92 Å². The molecule has 6 rings (SSSR count). The number of aryl methyl sites for hydroxylation is 1. The van der Waals surface area contributed by atoms with Crippen molar-refractivity contribution < 1.29 is 23.0 Å². The maximum atomic E-state index is 15.0. The SMILES string of the molecule is COc1ccc2ncc(C#N)c(Nc3ccc(Oc4cc5ncnn5cn4)c(C)c3)c2c1OC1CCN(C)CC1(F)F. The Morgan fingerprint density at radius 2 is 1.95 bits per heavy atom. The second-order valence-electron chi connectivity index (χ2n) is 10.0. The lowest BCUT2D eigenvalue weighted by Crippen LogP contribution is -2.52. The minimum absolute atomic E-state index is 0.1000. The minimum Gasteiger partial charge on any atom is -0.493 e. The van der Waals surface area contributed by atoms with Crippen molar-refractivity contribution >= 4 is 27.9 Å². The van der Waals surface area contributed by atoms with E-state index in [2.05, 4.69) is 31.4 Å². The van der Waals surface area contributed by atoms with E-state index in [0.29, 0.717) is 46.1 Å². The Bertz CT molecular complexity index is 1840. The third-order valence-electron chi connectivity index (χ3n) is 7.08. The van der Waals surface area contributed by atoms with Gasteiger partial charge < -0.3 is 24.4 Å². The van der Waals surface area contributed by atoms with Gasteiger partial charge in [-0.2, -0.15) is 10.4 Å². The monoisotopic (exact) mass is 572 g/mol. The number of piperidine rings is 1. The Morgan fingerprint density at radius 3 is 2.71 bits per heavy atom. The van der Waals surface area contributed by atoms with Gasteiger partial charge in [0.05, 0.1) is 35.8 Å². The van der Waals surface area contributed by atoms with E-state index in [1.165, 1.54) is 30.5 Å². The fraction of sp³-hybridized carbons (Fsp3) is 0.276. The summed E-state index contributed by atoms with van der Waals surface area (Å²) in [5, 5.41) is 17.6. The molecule has 42 heavy (non-hydrogen) atoms. The molecular weight excluding hydrogens is 546 g/mol. The molecule has 0 radical (unpaired) electrons. The number of rotatable bonds is 7. The van der Waals surface area contributed by atoms with Crippen molar-refractivity contribution in [2.75, 3.05) is 32.6 Å². The highest BCUT2D eigenvalue weighted by Crippen LogP contribution is 2.44. The first kappa shape index (κ1) is 27.1. The van der Waals surface area contributed by atoms with E-state index in [9.17, 15) is 5.26 Å².